The summed E-state index contributed by atoms with van der Waals surface area (Å²) in [6.07, 6.45) is 9.44. The van der Waals surface area contributed by atoms with Crippen LogP contribution in [0.1, 0.15) is 104 Å². The highest BCUT2D eigenvalue weighted by molar-refractivity contribution is 7.89. The van der Waals surface area contributed by atoms with Crippen LogP contribution in [-0.2, 0) is 29.2 Å². The molecule has 1 heterocycles. The highest BCUT2D eigenvalue weighted by atomic mass is 32.2. The van der Waals surface area contributed by atoms with Crippen molar-refractivity contribution in [2.24, 2.45) is 11.3 Å². The second-order valence-corrected chi connectivity index (χ2v) is 17.3. The molecule has 0 unspecified atom stereocenters. The molecule has 0 aromatic heterocycles. The largest absolute Gasteiger partial charge is 0.347 e. The number of ketones is 1. The van der Waals surface area contributed by atoms with Crippen molar-refractivity contribution >= 4 is 39.6 Å². The fraction of sp³-hybridized carbons (Fsp3) is 0.844. The van der Waals surface area contributed by atoms with Crippen LogP contribution in [0.3, 0.4) is 0 Å². The van der Waals surface area contributed by atoms with Crippen molar-refractivity contribution in [3.05, 3.63) is 0 Å². The maximum Gasteiger partial charge on any atom is 0.315 e. The molecule has 46 heavy (non-hydrogen) atoms. The molecule has 1 saturated heterocycles. The number of amides is 5. The van der Waals surface area contributed by atoms with E-state index in [0.717, 1.165) is 55.7 Å². The quantitative estimate of drug-likeness (QED) is 0.205. The zero-order valence-corrected chi connectivity index (χ0v) is 29.0. The average molecular weight is 667 g/mol. The van der Waals surface area contributed by atoms with E-state index in [1.807, 2.05) is 20.8 Å². The van der Waals surface area contributed by atoms with Crippen LogP contribution in [0.4, 0.5) is 4.79 Å². The number of Topliss-reactive ketones (excluding diaryl/α,β-unsaturated/α-hetero) is 1. The highest BCUT2D eigenvalue weighted by Crippen LogP contribution is 2.34. The van der Waals surface area contributed by atoms with Gasteiger partial charge in [0.15, 0.2) is 0 Å². The third-order valence-corrected chi connectivity index (χ3v) is 11.8. The van der Waals surface area contributed by atoms with Crippen LogP contribution >= 0.6 is 0 Å². The number of carbonyl (C=O) groups excluding carboxylic acids is 5. The topological polar surface area (TPSA) is 174 Å². The Balaban J connectivity index is 1.45. The normalized spacial score (nSPS) is 22.9. The lowest BCUT2D eigenvalue weighted by molar-refractivity contribution is -0.143. The monoisotopic (exact) mass is 666 g/mol. The second-order valence-electron chi connectivity index (χ2n) is 15.2. The smallest absolute Gasteiger partial charge is 0.315 e. The minimum Gasteiger partial charge on any atom is -0.347 e. The fourth-order valence-corrected chi connectivity index (χ4v) is 7.84. The van der Waals surface area contributed by atoms with Crippen molar-refractivity contribution in [2.45, 2.75) is 134 Å². The number of nitrogens with one attached hydrogen (secondary N) is 4. The summed E-state index contributed by atoms with van der Waals surface area (Å²) in [6.45, 7) is 5.76. The molecule has 13 nitrogen and oxygen atoms in total. The van der Waals surface area contributed by atoms with Gasteiger partial charge in [0.2, 0.25) is 27.6 Å². The molecule has 4 fully saturated rings. The summed E-state index contributed by atoms with van der Waals surface area (Å²) in [5.74, 6) is -1.97. The van der Waals surface area contributed by atoms with E-state index < -0.39 is 68.6 Å². The first kappa shape index (κ1) is 36.1. The van der Waals surface area contributed by atoms with Gasteiger partial charge in [-0.3, -0.25) is 19.2 Å². The summed E-state index contributed by atoms with van der Waals surface area (Å²) in [4.78, 5) is 68.3. The second kappa shape index (κ2) is 14.6. The van der Waals surface area contributed by atoms with E-state index in [4.69, 9.17) is 0 Å². The van der Waals surface area contributed by atoms with Gasteiger partial charge in [-0.15, -0.1) is 0 Å². The Morgan fingerprint density at radius 3 is 2.13 bits per heavy atom. The van der Waals surface area contributed by atoms with Crippen molar-refractivity contribution in [1.82, 2.24) is 30.5 Å². The van der Waals surface area contributed by atoms with Crippen LogP contribution in [0, 0.1) is 11.3 Å². The zero-order chi connectivity index (χ0) is 33.9. The lowest BCUT2D eigenvalue weighted by atomic mass is 9.83. The predicted octanol–water partition coefficient (Wildman–Crippen LogP) is 1.81. The number of hydrogen-bond acceptors (Lipinski definition) is 7. The van der Waals surface area contributed by atoms with Crippen LogP contribution in [0.15, 0.2) is 0 Å². The molecule has 1 aliphatic heterocycles. The number of nitrogens with zero attached hydrogens (tertiary/aromatic N) is 2. The molecule has 3 saturated carbocycles. The Kier molecular flexibility index (Phi) is 11.4. The van der Waals surface area contributed by atoms with Gasteiger partial charge in [-0.2, -0.15) is 0 Å². The molecule has 3 atom stereocenters. The zero-order valence-electron chi connectivity index (χ0n) is 28.2. The summed E-state index contributed by atoms with van der Waals surface area (Å²) in [5, 5.41) is 11.3. The molecule has 0 spiro atoms. The van der Waals surface area contributed by atoms with Gasteiger partial charge in [0, 0.05) is 26.7 Å². The van der Waals surface area contributed by atoms with Gasteiger partial charge >= 0.3 is 6.03 Å². The number of likely N-dealkylation sites (tertiary alicyclic amines) is 1. The number of hydrogen-bond donors (Lipinski definition) is 4. The van der Waals surface area contributed by atoms with E-state index in [-0.39, 0.29) is 11.8 Å². The van der Waals surface area contributed by atoms with Crippen LogP contribution in [0.25, 0.3) is 0 Å². The molecule has 4 aliphatic rings. The van der Waals surface area contributed by atoms with Gasteiger partial charge in [0.1, 0.15) is 12.1 Å². The van der Waals surface area contributed by atoms with Crippen molar-refractivity contribution in [3.63, 3.8) is 0 Å². The van der Waals surface area contributed by atoms with Gasteiger partial charge < -0.3 is 26.2 Å². The molecule has 14 heteroatoms. The molecule has 260 valence electrons. The van der Waals surface area contributed by atoms with Crippen LogP contribution in [-0.4, -0.2) is 103 Å². The lowest BCUT2D eigenvalue weighted by Gasteiger charge is -2.40. The summed E-state index contributed by atoms with van der Waals surface area (Å²) >= 11 is 0. The molecule has 0 radical (unpaired) electrons. The van der Waals surface area contributed by atoms with Gasteiger partial charge in [0.25, 0.3) is 5.91 Å². The minimum absolute atomic E-state index is 0.0172. The standard InChI is InChI=1S/C32H54N6O7S/c1-31(2,3)26(35-30(43)36-32(17-7-6-8-18-32)20-46(44,45)37(4)5)29(42)38-19-9-10-24(38)27(40)34-23(16-13-21-11-12-21)25(39)28(41)33-22-14-15-22/h21-24,26H,6-20H2,1-5H3,(H,33,41)(H,34,40)(H2,35,36,43)/t23-,24-,26+/m0/s1. The minimum atomic E-state index is -3.61. The number of sulfonamides is 1. The third-order valence-electron chi connectivity index (χ3n) is 9.76. The Morgan fingerprint density at radius 2 is 1.57 bits per heavy atom. The first-order valence-corrected chi connectivity index (χ1v) is 18.6. The molecular formula is C32H54N6O7S. The molecule has 4 rings (SSSR count). The molecule has 5 amide bonds. The third kappa shape index (κ3) is 9.65. The van der Waals surface area contributed by atoms with E-state index in [0.29, 0.717) is 44.6 Å². The molecule has 0 aromatic carbocycles. The van der Waals surface area contributed by atoms with E-state index >= 15 is 0 Å². The van der Waals surface area contributed by atoms with Gasteiger partial charge in [-0.05, 0) is 62.7 Å². The number of urea groups is 1. The van der Waals surface area contributed by atoms with Gasteiger partial charge in [0.05, 0.1) is 17.3 Å². The van der Waals surface area contributed by atoms with Gasteiger partial charge in [-0.1, -0.05) is 52.9 Å². The fourth-order valence-electron chi connectivity index (χ4n) is 6.53. The van der Waals surface area contributed by atoms with Crippen LogP contribution in [0.2, 0.25) is 0 Å². The summed E-state index contributed by atoms with van der Waals surface area (Å²) in [5.41, 5.74) is -1.70. The predicted molar refractivity (Wildman–Crippen MR) is 173 cm³/mol. The first-order chi connectivity index (χ1) is 21.5. The SMILES string of the molecule is CN(C)S(=O)(=O)CC1(NC(=O)N[C@H](C(=O)N2CCC[C@H]2C(=O)N[C@@H](CCC2CC2)C(=O)C(=O)NC2CC2)C(C)(C)C)CCCCC1. The van der Waals surface area contributed by atoms with E-state index in [1.165, 1.54) is 19.0 Å². The van der Waals surface area contributed by atoms with E-state index in [9.17, 15) is 32.4 Å². The Labute approximate surface area is 273 Å². The Bertz CT molecular complexity index is 1270. The number of rotatable bonds is 14. The lowest BCUT2D eigenvalue weighted by Crippen LogP contribution is -2.63. The van der Waals surface area contributed by atoms with E-state index in [2.05, 4.69) is 21.3 Å². The molecule has 0 aromatic rings. The van der Waals surface area contributed by atoms with Crippen LogP contribution < -0.4 is 21.3 Å². The van der Waals surface area contributed by atoms with Crippen molar-refractivity contribution < 1.29 is 32.4 Å². The summed E-state index contributed by atoms with van der Waals surface area (Å²) < 4.78 is 26.8. The van der Waals surface area contributed by atoms with Crippen molar-refractivity contribution in [3.8, 4) is 0 Å². The van der Waals surface area contributed by atoms with E-state index in [1.54, 1.807) is 0 Å². The maximum absolute atomic E-state index is 14.1. The average Bonchev–Trinajstić information content (AvgIpc) is 3.91. The molecular weight excluding hydrogens is 612 g/mol. The molecule has 3 aliphatic carbocycles. The molecule has 0 bridgehead atoms. The maximum atomic E-state index is 14.1. The summed E-state index contributed by atoms with van der Waals surface area (Å²) in [7, 11) is -0.675. The number of carbonyl (C=O) groups is 5. The Morgan fingerprint density at radius 1 is 0.913 bits per heavy atom. The van der Waals surface area contributed by atoms with Crippen LogP contribution in [0.5, 0.6) is 0 Å². The highest BCUT2D eigenvalue weighted by Gasteiger charge is 2.45. The molecule has 4 N–H and O–H groups in total. The summed E-state index contributed by atoms with van der Waals surface area (Å²) in [6, 6.07) is -3.43. The Hall–Kier alpha value is -2.74. The van der Waals surface area contributed by atoms with Gasteiger partial charge in [-0.25, -0.2) is 17.5 Å². The van der Waals surface area contributed by atoms with Crippen molar-refractivity contribution in [2.75, 3.05) is 26.4 Å². The first-order valence-electron chi connectivity index (χ1n) is 17.0. The van der Waals surface area contributed by atoms with Crippen molar-refractivity contribution in [1.29, 1.82) is 0 Å².